The Balaban J connectivity index is 1.76. The number of carbonyl (C=O) groups is 1. The number of amides is 1. The molecular formula is C19H17N5OS2. The summed E-state index contributed by atoms with van der Waals surface area (Å²) in [6.45, 7) is 4.03. The van der Waals surface area contributed by atoms with E-state index in [1.54, 1.807) is 6.08 Å². The highest BCUT2D eigenvalue weighted by molar-refractivity contribution is 8.45. The molecule has 0 atom stereocenters. The molecule has 0 spiro atoms. The Hall–Kier alpha value is -2.58. The zero-order valence-electron chi connectivity index (χ0n) is 15.1. The molecule has 1 aromatic heterocycles. The molecule has 2 aromatic rings. The summed E-state index contributed by atoms with van der Waals surface area (Å²) in [5, 5.41) is 14.7. The maximum absolute atomic E-state index is 12.5. The summed E-state index contributed by atoms with van der Waals surface area (Å²) >= 11 is 2.79. The molecule has 136 valence electrons. The second-order valence-corrected chi connectivity index (χ2v) is 8.10. The average molecular weight is 396 g/mol. The van der Waals surface area contributed by atoms with Gasteiger partial charge in [-0.1, -0.05) is 18.2 Å². The molecule has 8 heteroatoms. The number of nitrogens with zero attached hydrogens (tertiary/aromatic N) is 4. The fraction of sp³-hybridized carbons (Fsp3) is 0.158. The van der Waals surface area contributed by atoms with E-state index in [1.165, 1.54) is 28.5 Å². The van der Waals surface area contributed by atoms with Crippen molar-refractivity contribution in [2.75, 3.05) is 6.26 Å². The van der Waals surface area contributed by atoms with Gasteiger partial charge in [-0.3, -0.25) is 10.2 Å². The first kappa shape index (κ1) is 17.8. The van der Waals surface area contributed by atoms with E-state index in [4.69, 9.17) is 5.41 Å². The number of aromatic nitrogens is 1. The number of nitrogens with one attached hydrogen (secondary N) is 1. The zero-order valence-corrected chi connectivity index (χ0v) is 16.7. The summed E-state index contributed by atoms with van der Waals surface area (Å²) in [5.74, 6) is -0.341. The molecule has 3 heterocycles. The van der Waals surface area contributed by atoms with Gasteiger partial charge < -0.3 is 4.57 Å². The van der Waals surface area contributed by atoms with Gasteiger partial charge >= 0.3 is 0 Å². The van der Waals surface area contributed by atoms with E-state index >= 15 is 0 Å². The Labute approximate surface area is 165 Å². The lowest BCUT2D eigenvalue weighted by molar-refractivity contribution is -0.114. The number of para-hydroxylation sites is 1. The Kier molecular flexibility index (Phi) is 4.53. The fourth-order valence-electron chi connectivity index (χ4n) is 3.12. The normalized spacial score (nSPS) is 18.0. The molecule has 0 bridgehead atoms. The van der Waals surface area contributed by atoms with Crippen LogP contribution >= 0.6 is 23.5 Å². The van der Waals surface area contributed by atoms with Crippen molar-refractivity contribution in [2.45, 2.75) is 13.8 Å². The third-order valence-electron chi connectivity index (χ3n) is 4.40. The van der Waals surface area contributed by atoms with E-state index in [0.29, 0.717) is 5.17 Å². The van der Waals surface area contributed by atoms with Crippen molar-refractivity contribution in [3.8, 4) is 5.69 Å². The minimum Gasteiger partial charge on any atom is -0.318 e. The number of hydrogen-bond acceptors (Lipinski definition) is 5. The molecule has 27 heavy (non-hydrogen) atoms. The SMILES string of the molecule is CSC1=NN2C(=N)C(=Cc3cc(C)n(-c4ccccc4)c3C)C(=O)N=C2S1. The Bertz CT molecular complexity index is 1050. The summed E-state index contributed by atoms with van der Waals surface area (Å²) in [7, 11) is 0. The van der Waals surface area contributed by atoms with Gasteiger partial charge in [-0.05, 0) is 61.7 Å². The van der Waals surface area contributed by atoms with Crippen LogP contribution in [-0.4, -0.2) is 37.1 Å². The predicted octanol–water partition coefficient (Wildman–Crippen LogP) is 4.03. The lowest BCUT2D eigenvalue weighted by Gasteiger charge is -2.20. The third kappa shape index (κ3) is 3.04. The minimum atomic E-state index is -0.402. The first-order valence-corrected chi connectivity index (χ1v) is 10.3. The monoisotopic (exact) mass is 395 g/mol. The number of amidine groups is 2. The number of hydrazone groups is 1. The lowest BCUT2D eigenvalue weighted by atomic mass is 10.1. The van der Waals surface area contributed by atoms with Crippen LogP contribution in [0, 0.1) is 19.3 Å². The second-order valence-electron chi connectivity index (χ2n) is 6.09. The molecule has 4 rings (SSSR count). The van der Waals surface area contributed by atoms with Crippen LogP contribution < -0.4 is 0 Å². The number of aryl methyl sites for hydroxylation is 1. The molecular weight excluding hydrogens is 378 g/mol. The molecule has 0 unspecified atom stereocenters. The van der Waals surface area contributed by atoms with E-state index in [1.807, 2.05) is 56.5 Å². The Morgan fingerprint density at radius 3 is 2.67 bits per heavy atom. The topological polar surface area (TPSA) is 73.8 Å². The van der Waals surface area contributed by atoms with Crippen molar-refractivity contribution < 1.29 is 4.79 Å². The molecule has 0 radical (unpaired) electrons. The Morgan fingerprint density at radius 1 is 1.22 bits per heavy atom. The number of carbonyl (C=O) groups excluding carboxylic acids is 1. The van der Waals surface area contributed by atoms with E-state index in [9.17, 15) is 4.79 Å². The zero-order chi connectivity index (χ0) is 19.1. The second kappa shape index (κ2) is 6.86. The number of aliphatic imine (C=N–C) groups is 1. The summed E-state index contributed by atoms with van der Waals surface area (Å²) < 4.78 is 2.91. The minimum absolute atomic E-state index is 0.0612. The van der Waals surface area contributed by atoms with Crippen LogP contribution in [0.15, 0.2) is 52.1 Å². The van der Waals surface area contributed by atoms with Crippen LogP contribution in [0.25, 0.3) is 11.8 Å². The first-order valence-electron chi connectivity index (χ1n) is 8.28. The fourth-order valence-corrected chi connectivity index (χ4v) is 4.47. The molecule has 1 aromatic carbocycles. The quantitative estimate of drug-likeness (QED) is 0.779. The molecule has 1 N–H and O–H groups in total. The van der Waals surface area contributed by atoms with Crippen LogP contribution in [0.1, 0.15) is 17.0 Å². The summed E-state index contributed by atoms with van der Waals surface area (Å²) in [4.78, 5) is 16.6. The number of rotatable bonds is 2. The average Bonchev–Trinajstić information content (AvgIpc) is 3.20. The van der Waals surface area contributed by atoms with Gasteiger partial charge in [-0.2, -0.15) is 10.0 Å². The van der Waals surface area contributed by atoms with E-state index < -0.39 is 5.91 Å². The highest BCUT2D eigenvalue weighted by atomic mass is 32.2. The number of hydrogen-bond donors (Lipinski definition) is 1. The summed E-state index contributed by atoms with van der Waals surface area (Å²) in [6, 6.07) is 12.1. The van der Waals surface area contributed by atoms with Crippen molar-refractivity contribution >= 4 is 50.9 Å². The van der Waals surface area contributed by atoms with Crippen molar-refractivity contribution in [3.63, 3.8) is 0 Å². The van der Waals surface area contributed by atoms with E-state index in [2.05, 4.69) is 14.7 Å². The van der Waals surface area contributed by atoms with Gasteiger partial charge in [0, 0.05) is 17.1 Å². The maximum atomic E-state index is 12.5. The summed E-state index contributed by atoms with van der Waals surface area (Å²) in [6.07, 6.45) is 3.65. The molecule has 1 amide bonds. The Morgan fingerprint density at radius 2 is 1.96 bits per heavy atom. The molecule has 0 saturated heterocycles. The third-order valence-corrected chi connectivity index (χ3v) is 6.28. The maximum Gasteiger partial charge on any atom is 0.283 e. The number of benzene rings is 1. The molecule has 2 aliphatic heterocycles. The number of thioether (sulfide) groups is 2. The highest BCUT2D eigenvalue weighted by Gasteiger charge is 2.35. The smallest absolute Gasteiger partial charge is 0.283 e. The van der Waals surface area contributed by atoms with Crippen LogP contribution in [0.5, 0.6) is 0 Å². The van der Waals surface area contributed by atoms with Gasteiger partial charge in [0.1, 0.15) is 0 Å². The van der Waals surface area contributed by atoms with Gasteiger partial charge in [-0.15, -0.1) is 16.9 Å². The van der Waals surface area contributed by atoms with Gasteiger partial charge in [0.05, 0.1) is 5.57 Å². The van der Waals surface area contributed by atoms with Crippen molar-refractivity contribution in [3.05, 3.63) is 58.9 Å². The summed E-state index contributed by atoms with van der Waals surface area (Å²) in [5.41, 5.74) is 4.27. The van der Waals surface area contributed by atoms with Crippen LogP contribution in [0.2, 0.25) is 0 Å². The van der Waals surface area contributed by atoms with Gasteiger partial charge in [0.15, 0.2) is 10.2 Å². The van der Waals surface area contributed by atoms with Crippen molar-refractivity contribution in [2.24, 2.45) is 10.1 Å². The predicted molar refractivity (Wildman–Crippen MR) is 114 cm³/mol. The molecule has 0 saturated carbocycles. The standard InChI is InChI=1S/C19H17N5OS2/c1-11-9-13(12(2)23(11)14-7-5-4-6-8-14)10-15-16(20)24-18(21-17(15)25)27-19(22-24)26-3/h4-10,20H,1-3H3. The molecule has 2 aliphatic rings. The van der Waals surface area contributed by atoms with Crippen LogP contribution in [-0.2, 0) is 4.79 Å². The van der Waals surface area contributed by atoms with Crippen molar-refractivity contribution in [1.82, 2.24) is 9.58 Å². The van der Waals surface area contributed by atoms with Gasteiger partial charge in [0.2, 0.25) is 5.17 Å². The molecule has 0 aliphatic carbocycles. The lowest BCUT2D eigenvalue weighted by Crippen LogP contribution is -2.35. The van der Waals surface area contributed by atoms with E-state index in [-0.39, 0.29) is 11.4 Å². The van der Waals surface area contributed by atoms with Crippen LogP contribution in [0.4, 0.5) is 0 Å². The number of fused-ring (bicyclic) bond motifs is 1. The highest BCUT2D eigenvalue weighted by Crippen LogP contribution is 2.32. The van der Waals surface area contributed by atoms with E-state index in [0.717, 1.165) is 27.0 Å². The van der Waals surface area contributed by atoms with Gasteiger partial charge in [-0.25, -0.2) is 0 Å². The largest absolute Gasteiger partial charge is 0.318 e. The van der Waals surface area contributed by atoms with Gasteiger partial charge in [0.25, 0.3) is 5.91 Å². The molecule has 0 fully saturated rings. The molecule has 6 nitrogen and oxygen atoms in total. The van der Waals surface area contributed by atoms with Crippen LogP contribution in [0.3, 0.4) is 0 Å². The van der Waals surface area contributed by atoms with Crippen molar-refractivity contribution in [1.29, 1.82) is 5.41 Å². The first-order chi connectivity index (χ1) is 13.0.